The molecule has 0 radical (unpaired) electrons. The van der Waals surface area contributed by atoms with Gasteiger partial charge in [-0.25, -0.2) is 0 Å². The first kappa shape index (κ1) is 13.2. The Hall–Kier alpha value is -1.80. The van der Waals surface area contributed by atoms with E-state index in [-0.39, 0.29) is 0 Å². The van der Waals surface area contributed by atoms with Crippen LogP contribution in [0.2, 0.25) is 0 Å². The lowest BCUT2D eigenvalue weighted by atomic mass is 9.96. The molecule has 2 nitrogen and oxygen atoms in total. The average Bonchev–Trinajstić information content (AvgIpc) is 2.82. The summed E-state index contributed by atoms with van der Waals surface area (Å²) in [5.41, 5.74) is 3.80. The van der Waals surface area contributed by atoms with Crippen LogP contribution in [0.3, 0.4) is 0 Å². The van der Waals surface area contributed by atoms with Crippen LogP contribution in [0.25, 0.3) is 21.8 Å². The number of benzene rings is 2. The van der Waals surface area contributed by atoms with Crippen LogP contribution in [0.4, 0.5) is 0 Å². The number of nitrogens with one attached hydrogen (secondary N) is 2. The van der Waals surface area contributed by atoms with Crippen molar-refractivity contribution in [1.29, 1.82) is 0 Å². The Balaban J connectivity index is 2.11. The zero-order valence-electron chi connectivity index (χ0n) is 12.4. The highest BCUT2D eigenvalue weighted by molar-refractivity contribution is 6.07. The van der Waals surface area contributed by atoms with Crippen LogP contribution >= 0.6 is 0 Å². The molecule has 1 aromatic heterocycles. The van der Waals surface area contributed by atoms with E-state index < -0.39 is 0 Å². The quantitative estimate of drug-likeness (QED) is 0.708. The Morgan fingerprint density at radius 3 is 2.50 bits per heavy atom. The smallest absolute Gasteiger partial charge is 0.0465 e. The van der Waals surface area contributed by atoms with Crippen molar-refractivity contribution in [3.05, 3.63) is 48.0 Å². The minimum atomic E-state index is 0.424. The van der Waals surface area contributed by atoms with Gasteiger partial charge in [-0.1, -0.05) is 38.1 Å². The first-order valence-electron chi connectivity index (χ1n) is 7.36. The second-order valence-corrected chi connectivity index (χ2v) is 5.95. The molecule has 2 heteroatoms. The Morgan fingerprint density at radius 1 is 1.00 bits per heavy atom. The lowest BCUT2D eigenvalue weighted by Gasteiger charge is -2.19. The molecule has 2 aromatic carbocycles. The van der Waals surface area contributed by atoms with Crippen LogP contribution in [-0.2, 0) is 0 Å². The largest absolute Gasteiger partial charge is 0.355 e. The number of aromatic nitrogens is 1. The molecule has 0 saturated carbocycles. The molecule has 3 aromatic rings. The van der Waals surface area contributed by atoms with Gasteiger partial charge in [0.15, 0.2) is 0 Å². The fourth-order valence-corrected chi connectivity index (χ4v) is 2.97. The van der Waals surface area contributed by atoms with E-state index in [2.05, 4.69) is 66.6 Å². The van der Waals surface area contributed by atoms with Gasteiger partial charge in [-0.3, -0.25) is 0 Å². The Kier molecular flexibility index (Phi) is 3.49. The molecule has 0 aliphatic rings. The molecule has 1 atom stereocenters. The summed E-state index contributed by atoms with van der Waals surface area (Å²) in [4.78, 5) is 3.48. The Morgan fingerprint density at radius 2 is 1.75 bits per heavy atom. The molecule has 2 N–H and O–H groups in total. The van der Waals surface area contributed by atoms with Crippen molar-refractivity contribution >= 4 is 21.8 Å². The normalized spacial score (nSPS) is 13.4. The first-order valence-corrected chi connectivity index (χ1v) is 7.36. The molecule has 0 spiro atoms. The van der Waals surface area contributed by atoms with E-state index in [4.69, 9.17) is 0 Å². The molecule has 20 heavy (non-hydrogen) atoms. The number of H-pyrrole nitrogens is 1. The molecule has 0 aliphatic heterocycles. The van der Waals surface area contributed by atoms with E-state index >= 15 is 0 Å². The Bertz CT molecular complexity index is 724. The van der Waals surface area contributed by atoms with Crippen molar-refractivity contribution in [2.45, 2.75) is 26.3 Å². The van der Waals surface area contributed by atoms with Crippen LogP contribution in [0.15, 0.2) is 42.5 Å². The minimum absolute atomic E-state index is 0.424. The number of hydrogen-bond acceptors (Lipinski definition) is 1. The summed E-state index contributed by atoms with van der Waals surface area (Å²) >= 11 is 0. The van der Waals surface area contributed by atoms with E-state index in [1.807, 2.05) is 7.05 Å². The highest BCUT2D eigenvalue weighted by Gasteiger charge is 2.13. The van der Waals surface area contributed by atoms with Crippen molar-refractivity contribution in [2.75, 3.05) is 7.05 Å². The summed E-state index contributed by atoms with van der Waals surface area (Å²) in [6, 6.07) is 15.7. The van der Waals surface area contributed by atoms with Crippen LogP contribution in [0.1, 0.15) is 31.9 Å². The van der Waals surface area contributed by atoms with E-state index in [0.29, 0.717) is 12.0 Å². The van der Waals surface area contributed by atoms with Gasteiger partial charge in [-0.15, -0.1) is 0 Å². The van der Waals surface area contributed by atoms with Crippen molar-refractivity contribution in [1.82, 2.24) is 10.3 Å². The zero-order valence-corrected chi connectivity index (χ0v) is 12.4. The van der Waals surface area contributed by atoms with Gasteiger partial charge in [0.2, 0.25) is 0 Å². The number of hydrogen-bond donors (Lipinski definition) is 2. The maximum atomic E-state index is 3.48. The van der Waals surface area contributed by atoms with Gasteiger partial charge < -0.3 is 10.3 Å². The molecule has 0 bridgehead atoms. The van der Waals surface area contributed by atoms with Gasteiger partial charge >= 0.3 is 0 Å². The van der Waals surface area contributed by atoms with E-state index in [0.717, 1.165) is 6.42 Å². The third-order valence-corrected chi connectivity index (χ3v) is 3.99. The van der Waals surface area contributed by atoms with Crippen LogP contribution < -0.4 is 5.32 Å². The third kappa shape index (κ3) is 2.32. The fraction of sp³-hybridized carbons (Fsp3) is 0.333. The predicted molar refractivity (Wildman–Crippen MR) is 87.1 cm³/mol. The van der Waals surface area contributed by atoms with Gasteiger partial charge in [-0.05, 0) is 43.1 Å². The van der Waals surface area contributed by atoms with Gasteiger partial charge in [0.05, 0.1) is 0 Å². The molecule has 0 saturated heterocycles. The molecule has 104 valence electrons. The van der Waals surface area contributed by atoms with Gasteiger partial charge in [0.25, 0.3) is 0 Å². The second-order valence-electron chi connectivity index (χ2n) is 5.95. The number of aromatic amines is 1. The van der Waals surface area contributed by atoms with Crippen molar-refractivity contribution < 1.29 is 0 Å². The molecule has 0 aliphatic carbocycles. The molecule has 0 fully saturated rings. The average molecular weight is 266 g/mol. The number of para-hydroxylation sites is 1. The molecule has 3 rings (SSSR count). The van der Waals surface area contributed by atoms with Crippen LogP contribution in [0, 0.1) is 5.92 Å². The lowest BCUT2D eigenvalue weighted by Crippen LogP contribution is -2.18. The molecular weight excluding hydrogens is 244 g/mol. The fourth-order valence-electron chi connectivity index (χ4n) is 2.97. The van der Waals surface area contributed by atoms with Gasteiger partial charge in [-0.2, -0.15) is 0 Å². The summed E-state index contributed by atoms with van der Waals surface area (Å²) in [5.74, 6) is 0.686. The maximum absolute atomic E-state index is 3.48. The predicted octanol–water partition coefficient (Wildman–Crippen LogP) is 4.63. The highest BCUT2D eigenvalue weighted by atomic mass is 14.9. The van der Waals surface area contributed by atoms with E-state index in [1.165, 1.54) is 27.4 Å². The van der Waals surface area contributed by atoms with Crippen molar-refractivity contribution in [3.63, 3.8) is 0 Å². The van der Waals surface area contributed by atoms with E-state index in [1.54, 1.807) is 0 Å². The topological polar surface area (TPSA) is 27.8 Å². The van der Waals surface area contributed by atoms with Crippen molar-refractivity contribution in [3.8, 4) is 0 Å². The van der Waals surface area contributed by atoms with Gasteiger partial charge in [0.1, 0.15) is 0 Å². The van der Waals surface area contributed by atoms with E-state index in [9.17, 15) is 0 Å². The maximum Gasteiger partial charge on any atom is 0.0465 e. The lowest BCUT2D eigenvalue weighted by molar-refractivity contribution is 0.457. The minimum Gasteiger partial charge on any atom is -0.355 e. The monoisotopic (exact) mass is 266 g/mol. The van der Waals surface area contributed by atoms with Crippen LogP contribution in [-0.4, -0.2) is 12.0 Å². The summed E-state index contributed by atoms with van der Waals surface area (Å²) in [6.07, 6.45) is 1.16. The molecular formula is C18H22N2. The standard InChI is InChI=1S/C18H22N2/c1-12(2)10-18(19-3)13-8-9-17-15(11-13)14-6-4-5-7-16(14)20-17/h4-9,11-12,18-20H,10H2,1-3H3. The third-order valence-electron chi connectivity index (χ3n) is 3.99. The summed E-state index contributed by atoms with van der Waals surface area (Å²) < 4.78 is 0. The van der Waals surface area contributed by atoms with Crippen molar-refractivity contribution in [2.24, 2.45) is 5.92 Å². The second kappa shape index (κ2) is 5.29. The van der Waals surface area contributed by atoms with Gasteiger partial charge in [0, 0.05) is 27.8 Å². The number of fused-ring (bicyclic) bond motifs is 3. The molecule has 1 unspecified atom stereocenters. The number of rotatable bonds is 4. The molecule has 0 amide bonds. The SMILES string of the molecule is CNC(CC(C)C)c1ccc2[nH]c3ccccc3c2c1. The first-order chi connectivity index (χ1) is 9.69. The summed E-state index contributed by atoms with van der Waals surface area (Å²) in [7, 11) is 2.05. The summed E-state index contributed by atoms with van der Waals surface area (Å²) in [6.45, 7) is 4.54. The summed E-state index contributed by atoms with van der Waals surface area (Å²) in [5, 5.41) is 6.07. The zero-order chi connectivity index (χ0) is 14.1. The van der Waals surface area contributed by atoms with Crippen LogP contribution in [0.5, 0.6) is 0 Å². The Labute approximate surface area is 120 Å². The highest BCUT2D eigenvalue weighted by Crippen LogP contribution is 2.29. The molecule has 1 heterocycles.